The van der Waals surface area contributed by atoms with E-state index < -0.39 is 0 Å². The molecule has 1 radical (unpaired) electrons. The first-order chi connectivity index (χ1) is 4.04. The van der Waals surface area contributed by atoms with Gasteiger partial charge in [0.1, 0.15) is 0 Å². The maximum atomic E-state index is 11.1. The van der Waals surface area contributed by atoms with Gasteiger partial charge in [-0.05, 0) is 20.8 Å². The Bertz CT molecular complexity index is 114. The molecule has 1 saturated heterocycles. The third-order valence-electron chi connectivity index (χ3n) is 1.78. The van der Waals surface area contributed by atoms with E-state index in [0.29, 0.717) is 0 Å². The molecule has 1 N–H and O–H groups in total. The molecule has 53 valence electrons. The van der Waals surface area contributed by atoms with Crippen LogP contribution in [0.3, 0.4) is 0 Å². The fraction of sp³-hybridized carbons (Fsp3) is 1.00. The summed E-state index contributed by atoms with van der Waals surface area (Å²) in [6, 6.07) is 0. The minimum Gasteiger partial charge on any atom is -0.298 e. The van der Waals surface area contributed by atoms with Crippen LogP contribution in [0.4, 0.5) is 0 Å². The average molecular weight is 129 g/mol. The van der Waals surface area contributed by atoms with Gasteiger partial charge in [-0.15, -0.1) is 10.3 Å². The zero-order chi connectivity index (χ0) is 7.07. The van der Waals surface area contributed by atoms with Gasteiger partial charge in [-0.3, -0.25) is 5.32 Å². The van der Waals surface area contributed by atoms with Gasteiger partial charge in [0.2, 0.25) is 0 Å². The highest BCUT2D eigenvalue weighted by Gasteiger charge is 2.36. The Morgan fingerprint density at radius 3 is 2.33 bits per heavy atom. The van der Waals surface area contributed by atoms with Gasteiger partial charge in [0, 0.05) is 6.54 Å². The summed E-state index contributed by atoms with van der Waals surface area (Å²) in [5.41, 5.74) is -0.209. The van der Waals surface area contributed by atoms with Gasteiger partial charge >= 0.3 is 0 Å². The van der Waals surface area contributed by atoms with Gasteiger partial charge < -0.3 is 0 Å². The minimum atomic E-state index is -0.209. The fourth-order valence-corrected chi connectivity index (χ4v) is 1.08. The second-order valence-electron chi connectivity index (χ2n) is 3.20. The maximum absolute atomic E-state index is 11.1. The summed E-state index contributed by atoms with van der Waals surface area (Å²) in [4.78, 5) is 0. The Kier molecular flexibility index (Phi) is 1.50. The largest absolute Gasteiger partial charge is 0.298 e. The second kappa shape index (κ2) is 1.94. The highest BCUT2D eigenvalue weighted by Crippen LogP contribution is 2.18. The number of hydrogen-bond acceptors (Lipinski definition) is 2. The van der Waals surface area contributed by atoms with Crippen LogP contribution in [0.1, 0.15) is 20.8 Å². The van der Waals surface area contributed by atoms with Crippen molar-refractivity contribution in [2.24, 2.45) is 0 Å². The van der Waals surface area contributed by atoms with E-state index in [1.54, 1.807) is 0 Å². The van der Waals surface area contributed by atoms with Crippen LogP contribution in [0, 0.1) is 0 Å². The molecule has 3 heteroatoms. The number of rotatable bonds is 0. The molecule has 0 aromatic carbocycles. The third kappa shape index (κ3) is 1.08. The molecule has 1 fully saturated rings. The highest BCUT2D eigenvalue weighted by molar-refractivity contribution is 4.87. The van der Waals surface area contributed by atoms with Gasteiger partial charge in [0.25, 0.3) is 0 Å². The maximum Gasteiger partial charge on any atom is 0.0853 e. The van der Waals surface area contributed by atoms with Gasteiger partial charge in [0.05, 0.1) is 11.7 Å². The lowest BCUT2D eigenvalue weighted by molar-refractivity contribution is -0.216. The first-order valence-electron chi connectivity index (χ1n) is 3.24. The Morgan fingerprint density at radius 1 is 1.67 bits per heavy atom. The number of nitrogens with zero attached hydrogens (tertiary/aromatic N) is 1. The normalized spacial score (nSPS) is 35.3. The minimum absolute atomic E-state index is 0.0139. The molecule has 3 nitrogen and oxygen atoms in total. The van der Waals surface area contributed by atoms with Gasteiger partial charge in [0.15, 0.2) is 0 Å². The third-order valence-corrected chi connectivity index (χ3v) is 1.78. The molecule has 0 bridgehead atoms. The molecule has 1 aliphatic heterocycles. The SMILES string of the molecule is CC1NCC(C)(C)N1[O]. The summed E-state index contributed by atoms with van der Waals surface area (Å²) < 4.78 is 0. The average Bonchev–Trinajstić information content (AvgIpc) is 1.97. The molecule has 0 saturated carbocycles. The van der Waals surface area contributed by atoms with Crippen molar-refractivity contribution in [1.82, 2.24) is 10.4 Å². The van der Waals surface area contributed by atoms with Crippen LogP contribution < -0.4 is 5.32 Å². The molecule has 1 rings (SSSR count). The number of hydroxylamine groups is 2. The van der Waals surface area contributed by atoms with E-state index in [1.807, 2.05) is 20.8 Å². The van der Waals surface area contributed by atoms with E-state index >= 15 is 0 Å². The first-order valence-corrected chi connectivity index (χ1v) is 3.24. The van der Waals surface area contributed by atoms with Crippen molar-refractivity contribution in [3.8, 4) is 0 Å². The van der Waals surface area contributed by atoms with E-state index in [9.17, 15) is 5.21 Å². The van der Waals surface area contributed by atoms with Crippen LogP contribution in [0.15, 0.2) is 0 Å². The molecule has 0 spiro atoms. The first kappa shape index (κ1) is 6.99. The lowest BCUT2D eigenvalue weighted by Gasteiger charge is -2.23. The predicted octanol–water partition coefficient (Wildman–Crippen LogP) is 0.362. The molecule has 1 atom stereocenters. The monoisotopic (exact) mass is 129 g/mol. The quantitative estimate of drug-likeness (QED) is 0.512. The second-order valence-corrected chi connectivity index (χ2v) is 3.20. The molecule has 9 heavy (non-hydrogen) atoms. The zero-order valence-corrected chi connectivity index (χ0v) is 6.14. The van der Waals surface area contributed by atoms with Crippen molar-refractivity contribution in [1.29, 1.82) is 0 Å². The van der Waals surface area contributed by atoms with Crippen molar-refractivity contribution >= 4 is 0 Å². The molecule has 0 aliphatic carbocycles. The zero-order valence-electron chi connectivity index (χ0n) is 6.14. The summed E-state index contributed by atoms with van der Waals surface area (Å²) in [5.74, 6) is 0. The highest BCUT2D eigenvalue weighted by atomic mass is 16.5. The molecule has 1 heterocycles. The molecular formula is C6H13N2O. The van der Waals surface area contributed by atoms with Crippen molar-refractivity contribution in [2.45, 2.75) is 32.5 Å². The summed E-state index contributed by atoms with van der Waals surface area (Å²) >= 11 is 0. The van der Waals surface area contributed by atoms with Crippen molar-refractivity contribution in [2.75, 3.05) is 6.54 Å². The predicted molar refractivity (Wildman–Crippen MR) is 34.1 cm³/mol. The number of hydrogen-bond donors (Lipinski definition) is 1. The lowest BCUT2D eigenvalue weighted by atomic mass is 10.1. The summed E-state index contributed by atoms with van der Waals surface area (Å²) in [6.45, 7) is 6.55. The van der Waals surface area contributed by atoms with Crippen LogP contribution >= 0.6 is 0 Å². The van der Waals surface area contributed by atoms with E-state index in [4.69, 9.17) is 0 Å². The number of nitrogens with one attached hydrogen (secondary N) is 1. The van der Waals surface area contributed by atoms with Crippen molar-refractivity contribution in [3.63, 3.8) is 0 Å². The smallest absolute Gasteiger partial charge is 0.0853 e. The summed E-state index contributed by atoms with van der Waals surface area (Å²) in [6.07, 6.45) is -0.0139. The topological polar surface area (TPSA) is 35.2 Å². The van der Waals surface area contributed by atoms with Gasteiger partial charge in [-0.1, -0.05) is 0 Å². The van der Waals surface area contributed by atoms with Crippen LogP contribution in [-0.2, 0) is 5.21 Å². The molecule has 1 unspecified atom stereocenters. The molecule has 0 aromatic heterocycles. The van der Waals surface area contributed by atoms with Crippen molar-refractivity contribution < 1.29 is 5.21 Å². The summed E-state index contributed by atoms with van der Waals surface area (Å²) in [5, 5.41) is 15.3. The molecule has 0 aromatic rings. The Labute approximate surface area is 55.6 Å². The molecular weight excluding hydrogens is 116 g/mol. The van der Waals surface area contributed by atoms with Crippen LogP contribution in [0.25, 0.3) is 0 Å². The van der Waals surface area contributed by atoms with Gasteiger partial charge in [-0.25, -0.2) is 0 Å². The summed E-state index contributed by atoms with van der Waals surface area (Å²) in [7, 11) is 0. The molecule has 0 amide bonds. The van der Waals surface area contributed by atoms with E-state index in [-0.39, 0.29) is 11.7 Å². The molecule has 1 aliphatic rings. The fourth-order valence-electron chi connectivity index (χ4n) is 1.08. The van der Waals surface area contributed by atoms with Gasteiger partial charge in [-0.2, -0.15) is 0 Å². The van der Waals surface area contributed by atoms with Crippen LogP contribution in [-0.4, -0.2) is 23.3 Å². The lowest BCUT2D eigenvalue weighted by Crippen LogP contribution is -2.39. The van der Waals surface area contributed by atoms with E-state index in [1.165, 1.54) is 0 Å². The Hall–Kier alpha value is -0.120. The standard InChI is InChI=1S/C6H13N2O/c1-5-7-4-6(2,3)8(5)9/h5,7H,4H2,1-3H3. The van der Waals surface area contributed by atoms with Crippen LogP contribution in [0.5, 0.6) is 0 Å². The Balaban J connectivity index is 2.62. The van der Waals surface area contributed by atoms with E-state index in [0.717, 1.165) is 11.6 Å². The Morgan fingerprint density at radius 2 is 2.22 bits per heavy atom. The van der Waals surface area contributed by atoms with E-state index in [2.05, 4.69) is 5.32 Å². The van der Waals surface area contributed by atoms with Crippen molar-refractivity contribution in [3.05, 3.63) is 0 Å². The van der Waals surface area contributed by atoms with Crippen LogP contribution in [0.2, 0.25) is 0 Å².